The largest absolute Gasteiger partial charge is 0.345 e. The van der Waals surface area contributed by atoms with Gasteiger partial charge in [0.1, 0.15) is 0 Å². The van der Waals surface area contributed by atoms with E-state index in [0.29, 0.717) is 0 Å². The van der Waals surface area contributed by atoms with Crippen LogP contribution in [0.4, 0.5) is 0 Å². The van der Waals surface area contributed by atoms with E-state index in [0.717, 1.165) is 5.69 Å². The number of aromatic nitrogens is 2. The van der Waals surface area contributed by atoms with Gasteiger partial charge in [0, 0.05) is 6.99 Å². The van der Waals surface area contributed by atoms with Gasteiger partial charge >= 0.3 is 0 Å². The Morgan fingerprint density at radius 2 is 2.08 bits per heavy atom. The Bertz CT molecular complexity index is 373. The highest BCUT2D eigenvalue weighted by Crippen LogP contribution is 2.19. The van der Waals surface area contributed by atoms with Crippen LogP contribution >= 0.6 is 24.0 Å². The minimum absolute atomic E-state index is 0. The number of benzene rings is 1. The van der Waals surface area contributed by atoms with E-state index in [1.54, 1.807) is 6.33 Å². The summed E-state index contributed by atoms with van der Waals surface area (Å²) in [7, 11) is 0. The zero-order chi connectivity index (χ0) is 8.39. The van der Waals surface area contributed by atoms with Crippen LogP contribution < -0.4 is 0 Å². The molecular weight excluding hydrogens is 275 g/mol. The number of aromatic amines is 1. The quantitative estimate of drug-likeness (QED) is 0.802. The van der Waals surface area contributed by atoms with Gasteiger partial charge in [0.15, 0.2) is 0 Å². The molecular formula is C10H13IN2. The SMILES string of the molecule is Cc1ccccc1-c1cnc[nH]1.I.[HH]. The van der Waals surface area contributed by atoms with Gasteiger partial charge in [0.05, 0.1) is 18.2 Å². The molecule has 0 radical (unpaired) electrons. The molecule has 0 fully saturated rings. The molecule has 1 aromatic carbocycles. The first-order valence-corrected chi connectivity index (χ1v) is 3.92. The molecule has 0 bridgehead atoms. The summed E-state index contributed by atoms with van der Waals surface area (Å²) in [5, 5.41) is 0. The average molecular weight is 288 g/mol. The van der Waals surface area contributed by atoms with Crippen LogP contribution in [0, 0.1) is 6.92 Å². The predicted molar refractivity (Wildman–Crippen MR) is 66.3 cm³/mol. The van der Waals surface area contributed by atoms with Crippen molar-refractivity contribution in [2.45, 2.75) is 6.92 Å². The third-order valence-corrected chi connectivity index (χ3v) is 1.93. The number of halogens is 1. The maximum absolute atomic E-state index is 3.98. The van der Waals surface area contributed by atoms with Crippen LogP contribution in [0.1, 0.15) is 6.99 Å². The lowest BCUT2D eigenvalue weighted by atomic mass is 10.1. The van der Waals surface area contributed by atoms with Crippen LogP contribution in [0.2, 0.25) is 0 Å². The first-order valence-electron chi connectivity index (χ1n) is 3.92. The number of aryl methyl sites for hydroxylation is 1. The van der Waals surface area contributed by atoms with Gasteiger partial charge in [-0.05, 0) is 12.5 Å². The molecule has 1 N–H and O–H groups in total. The Morgan fingerprint density at radius 3 is 2.69 bits per heavy atom. The van der Waals surface area contributed by atoms with E-state index in [1.807, 2.05) is 18.3 Å². The van der Waals surface area contributed by atoms with Crippen molar-refractivity contribution in [3.63, 3.8) is 0 Å². The van der Waals surface area contributed by atoms with Crippen LogP contribution in [-0.2, 0) is 0 Å². The van der Waals surface area contributed by atoms with Gasteiger partial charge in [-0.25, -0.2) is 4.98 Å². The molecule has 0 aliphatic carbocycles. The highest BCUT2D eigenvalue weighted by molar-refractivity contribution is 14.0. The van der Waals surface area contributed by atoms with Crippen molar-refractivity contribution < 1.29 is 1.43 Å². The maximum Gasteiger partial charge on any atom is 0.0924 e. The molecule has 2 rings (SSSR count). The minimum Gasteiger partial charge on any atom is -0.345 e. The van der Waals surface area contributed by atoms with Gasteiger partial charge in [-0.1, -0.05) is 24.3 Å². The van der Waals surface area contributed by atoms with Crippen LogP contribution in [0.25, 0.3) is 11.3 Å². The molecule has 1 heterocycles. The fourth-order valence-corrected chi connectivity index (χ4v) is 1.28. The van der Waals surface area contributed by atoms with E-state index in [1.165, 1.54) is 11.1 Å². The topological polar surface area (TPSA) is 28.7 Å². The number of nitrogens with one attached hydrogen (secondary N) is 1. The molecule has 0 atom stereocenters. The maximum atomic E-state index is 3.98. The van der Waals surface area contributed by atoms with Crippen molar-refractivity contribution >= 4 is 24.0 Å². The summed E-state index contributed by atoms with van der Waals surface area (Å²) in [4.78, 5) is 7.07. The van der Waals surface area contributed by atoms with Gasteiger partial charge in [-0.15, -0.1) is 24.0 Å². The van der Waals surface area contributed by atoms with E-state index in [2.05, 4.69) is 29.0 Å². The van der Waals surface area contributed by atoms with Crippen LogP contribution in [0.5, 0.6) is 0 Å². The fraction of sp³-hybridized carbons (Fsp3) is 0.100. The number of rotatable bonds is 1. The van der Waals surface area contributed by atoms with Crippen molar-refractivity contribution in [2.75, 3.05) is 0 Å². The first kappa shape index (κ1) is 10.2. The number of hydrogen-bond acceptors (Lipinski definition) is 1. The first-order chi connectivity index (χ1) is 5.88. The average Bonchev–Trinajstić information content (AvgIpc) is 2.57. The smallest absolute Gasteiger partial charge is 0.0924 e. The summed E-state index contributed by atoms with van der Waals surface area (Å²) in [6, 6.07) is 8.25. The molecule has 3 heteroatoms. The molecule has 0 saturated heterocycles. The van der Waals surface area contributed by atoms with E-state index in [-0.39, 0.29) is 25.4 Å². The van der Waals surface area contributed by atoms with Crippen molar-refractivity contribution in [3.05, 3.63) is 42.4 Å². The molecule has 0 aliphatic heterocycles. The van der Waals surface area contributed by atoms with E-state index in [9.17, 15) is 0 Å². The second kappa shape index (κ2) is 4.41. The zero-order valence-corrected chi connectivity index (χ0v) is 9.65. The monoisotopic (exact) mass is 288 g/mol. The molecule has 0 amide bonds. The molecule has 0 spiro atoms. The lowest BCUT2D eigenvalue weighted by Gasteiger charge is -2.00. The van der Waals surface area contributed by atoms with Crippen LogP contribution in [0.3, 0.4) is 0 Å². The van der Waals surface area contributed by atoms with Gasteiger partial charge in [-0.2, -0.15) is 0 Å². The number of imidazole rings is 1. The highest BCUT2D eigenvalue weighted by atomic mass is 127. The summed E-state index contributed by atoms with van der Waals surface area (Å²) in [6.07, 6.45) is 3.53. The summed E-state index contributed by atoms with van der Waals surface area (Å²) >= 11 is 0. The number of H-pyrrole nitrogens is 1. The Hall–Kier alpha value is -0.840. The van der Waals surface area contributed by atoms with E-state index in [4.69, 9.17) is 0 Å². The minimum atomic E-state index is 0. The molecule has 70 valence electrons. The van der Waals surface area contributed by atoms with Crippen molar-refractivity contribution in [3.8, 4) is 11.3 Å². The standard InChI is InChI=1S/C10H10N2.HI.H2/c1-8-4-2-3-5-9(8)10-6-11-7-12-10;;/h2-7H,1H3,(H,11,12);2*1H. The molecule has 1 aromatic heterocycles. The molecule has 0 unspecified atom stereocenters. The van der Waals surface area contributed by atoms with Crippen LogP contribution in [0.15, 0.2) is 36.8 Å². The van der Waals surface area contributed by atoms with Crippen molar-refractivity contribution in [1.82, 2.24) is 9.97 Å². The lowest BCUT2D eigenvalue weighted by molar-refractivity contribution is 1.31. The Balaban J connectivity index is 0.000000845. The normalized spacial score (nSPS) is 9.31. The van der Waals surface area contributed by atoms with Crippen LogP contribution in [-0.4, -0.2) is 9.97 Å². The van der Waals surface area contributed by atoms with E-state index < -0.39 is 0 Å². The van der Waals surface area contributed by atoms with Crippen molar-refractivity contribution in [2.24, 2.45) is 0 Å². The van der Waals surface area contributed by atoms with Gasteiger partial charge in [0.2, 0.25) is 0 Å². The molecule has 0 saturated carbocycles. The number of hydrogen-bond donors (Lipinski definition) is 1. The Morgan fingerprint density at radius 1 is 1.31 bits per heavy atom. The second-order valence-electron chi connectivity index (χ2n) is 2.78. The number of nitrogens with zero attached hydrogens (tertiary/aromatic N) is 1. The Labute approximate surface area is 95.9 Å². The zero-order valence-electron chi connectivity index (χ0n) is 7.32. The molecule has 2 aromatic rings. The summed E-state index contributed by atoms with van der Waals surface area (Å²) in [5.74, 6) is 0. The summed E-state index contributed by atoms with van der Waals surface area (Å²) in [5.41, 5.74) is 3.56. The van der Waals surface area contributed by atoms with Gasteiger partial charge in [-0.3, -0.25) is 0 Å². The summed E-state index contributed by atoms with van der Waals surface area (Å²) < 4.78 is 0. The van der Waals surface area contributed by atoms with Gasteiger partial charge < -0.3 is 4.98 Å². The fourth-order valence-electron chi connectivity index (χ4n) is 1.28. The third-order valence-electron chi connectivity index (χ3n) is 1.93. The molecule has 13 heavy (non-hydrogen) atoms. The highest BCUT2D eigenvalue weighted by Gasteiger charge is 1.99. The Kier molecular flexibility index (Phi) is 3.48. The van der Waals surface area contributed by atoms with Gasteiger partial charge in [0.25, 0.3) is 0 Å². The predicted octanol–water partition coefficient (Wildman–Crippen LogP) is 3.25. The summed E-state index contributed by atoms with van der Waals surface area (Å²) in [6.45, 7) is 2.09. The van der Waals surface area contributed by atoms with E-state index >= 15 is 0 Å². The molecule has 2 nitrogen and oxygen atoms in total. The molecule has 0 aliphatic rings. The third kappa shape index (κ3) is 2.09. The second-order valence-corrected chi connectivity index (χ2v) is 2.78. The van der Waals surface area contributed by atoms with Crippen molar-refractivity contribution in [1.29, 1.82) is 0 Å². The lowest BCUT2D eigenvalue weighted by Crippen LogP contribution is -1.80.